The lowest BCUT2D eigenvalue weighted by Gasteiger charge is -2.07. The highest BCUT2D eigenvalue weighted by Gasteiger charge is 2.02. The lowest BCUT2D eigenvalue weighted by Crippen LogP contribution is -1.97. The maximum atomic E-state index is 8.89. The minimum Gasteiger partial charge on any atom is -0.392 e. The molecule has 0 fully saturated rings. The fourth-order valence-corrected chi connectivity index (χ4v) is 1.04. The van der Waals surface area contributed by atoms with Gasteiger partial charge in [0.05, 0.1) is 6.61 Å². The Kier molecular flexibility index (Phi) is 2.25. The maximum Gasteiger partial charge on any atom is 0.0699 e. The number of hydrogen-bond donors (Lipinski definition) is 1. The Hall–Kier alpha value is -0.890. The average molecular weight is 151 g/mol. The molecule has 0 unspecified atom stereocenters. The van der Waals surface area contributed by atoms with Crippen molar-refractivity contribution in [3.8, 4) is 0 Å². The summed E-state index contributed by atoms with van der Waals surface area (Å²) in [6, 6.07) is 0. The molecule has 2 heteroatoms. The standard InChI is InChI=1S/C9H13NO/c1-6-7(2)9(5-11)4-10-8(6)3/h4,11H,5H2,1-3H3. The molecule has 1 aromatic rings. The molecule has 0 aliphatic rings. The van der Waals surface area contributed by atoms with E-state index in [1.165, 1.54) is 5.56 Å². The Labute approximate surface area is 66.9 Å². The van der Waals surface area contributed by atoms with Crippen LogP contribution >= 0.6 is 0 Å². The SMILES string of the molecule is Cc1ncc(CO)c(C)c1C. The van der Waals surface area contributed by atoms with Gasteiger partial charge in [0.1, 0.15) is 0 Å². The summed E-state index contributed by atoms with van der Waals surface area (Å²) in [6.45, 7) is 6.09. The number of nitrogens with zero attached hydrogens (tertiary/aromatic N) is 1. The summed E-state index contributed by atoms with van der Waals surface area (Å²) in [5.41, 5.74) is 4.30. The Morgan fingerprint density at radius 2 is 1.91 bits per heavy atom. The zero-order valence-electron chi connectivity index (χ0n) is 7.18. The highest BCUT2D eigenvalue weighted by Crippen LogP contribution is 2.13. The highest BCUT2D eigenvalue weighted by molar-refractivity contribution is 5.33. The predicted molar refractivity (Wildman–Crippen MR) is 44.4 cm³/mol. The Balaban J connectivity index is 3.25. The lowest BCUT2D eigenvalue weighted by atomic mass is 10.1. The molecule has 0 bridgehead atoms. The van der Waals surface area contributed by atoms with Crippen LogP contribution < -0.4 is 0 Å². The van der Waals surface area contributed by atoms with Crippen LogP contribution in [-0.2, 0) is 6.61 Å². The van der Waals surface area contributed by atoms with Crippen molar-refractivity contribution < 1.29 is 5.11 Å². The van der Waals surface area contributed by atoms with Gasteiger partial charge in [-0.1, -0.05) is 0 Å². The van der Waals surface area contributed by atoms with Crippen molar-refractivity contribution in [3.63, 3.8) is 0 Å². The molecule has 1 heterocycles. The quantitative estimate of drug-likeness (QED) is 0.659. The number of pyridine rings is 1. The van der Waals surface area contributed by atoms with Crippen LogP contribution in [0.1, 0.15) is 22.4 Å². The molecule has 11 heavy (non-hydrogen) atoms. The van der Waals surface area contributed by atoms with Crippen molar-refractivity contribution in [2.24, 2.45) is 0 Å². The molecule has 0 aliphatic carbocycles. The van der Waals surface area contributed by atoms with E-state index in [0.29, 0.717) is 0 Å². The molecule has 0 spiro atoms. The number of aromatic nitrogens is 1. The summed E-state index contributed by atoms with van der Waals surface area (Å²) in [7, 11) is 0. The Morgan fingerprint density at radius 1 is 1.27 bits per heavy atom. The van der Waals surface area contributed by atoms with E-state index < -0.39 is 0 Å². The first kappa shape index (κ1) is 8.21. The molecule has 1 N–H and O–H groups in total. The first-order valence-electron chi connectivity index (χ1n) is 3.69. The van der Waals surface area contributed by atoms with Crippen LogP contribution in [0.2, 0.25) is 0 Å². The van der Waals surface area contributed by atoms with Gasteiger partial charge in [-0.25, -0.2) is 0 Å². The topological polar surface area (TPSA) is 33.1 Å². The monoisotopic (exact) mass is 151 g/mol. The van der Waals surface area contributed by atoms with E-state index in [1.807, 2.05) is 20.8 Å². The average Bonchev–Trinajstić information content (AvgIpc) is 2.01. The van der Waals surface area contributed by atoms with E-state index in [-0.39, 0.29) is 6.61 Å². The van der Waals surface area contributed by atoms with Gasteiger partial charge >= 0.3 is 0 Å². The summed E-state index contributed by atoms with van der Waals surface area (Å²) in [4.78, 5) is 4.15. The number of aryl methyl sites for hydroxylation is 1. The second-order valence-corrected chi connectivity index (χ2v) is 2.78. The molecule has 0 saturated heterocycles. The molecule has 1 rings (SSSR count). The molecule has 1 aromatic heterocycles. The fraction of sp³-hybridized carbons (Fsp3) is 0.444. The van der Waals surface area contributed by atoms with Crippen LogP contribution in [0.3, 0.4) is 0 Å². The third kappa shape index (κ3) is 1.40. The van der Waals surface area contributed by atoms with Gasteiger partial charge in [-0.2, -0.15) is 0 Å². The Bertz CT molecular complexity index is 269. The van der Waals surface area contributed by atoms with Gasteiger partial charge in [0.25, 0.3) is 0 Å². The van der Waals surface area contributed by atoms with Crippen LogP contribution in [0.15, 0.2) is 6.20 Å². The largest absolute Gasteiger partial charge is 0.392 e. The molecule has 0 aliphatic heterocycles. The number of aliphatic hydroxyl groups is 1. The van der Waals surface area contributed by atoms with Crippen molar-refractivity contribution in [2.45, 2.75) is 27.4 Å². The van der Waals surface area contributed by atoms with Gasteiger partial charge in [-0.05, 0) is 37.5 Å². The molecule has 2 nitrogen and oxygen atoms in total. The summed E-state index contributed by atoms with van der Waals surface area (Å²) in [5.74, 6) is 0. The van der Waals surface area contributed by atoms with Crippen molar-refractivity contribution in [1.29, 1.82) is 0 Å². The molecular formula is C9H13NO. The van der Waals surface area contributed by atoms with Gasteiger partial charge in [-0.15, -0.1) is 0 Å². The third-order valence-electron chi connectivity index (χ3n) is 2.17. The van der Waals surface area contributed by atoms with Crippen LogP contribution in [0.4, 0.5) is 0 Å². The minimum atomic E-state index is 0.0833. The summed E-state index contributed by atoms with van der Waals surface area (Å²) in [6.07, 6.45) is 1.73. The minimum absolute atomic E-state index is 0.0833. The molecule has 0 atom stereocenters. The smallest absolute Gasteiger partial charge is 0.0699 e. The van der Waals surface area contributed by atoms with E-state index in [1.54, 1.807) is 6.20 Å². The molecule has 0 radical (unpaired) electrons. The van der Waals surface area contributed by atoms with E-state index in [4.69, 9.17) is 5.11 Å². The van der Waals surface area contributed by atoms with Crippen molar-refractivity contribution >= 4 is 0 Å². The maximum absolute atomic E-state index is 8.89. The third-order valence-corrected chi connectivity index (χ3v) is 2.17. The first-order chi connectivity index (χ1) is 5.16. The zero-order chi connectivity index (χ0) is 8.43. The molecule has 60 valence electrons. The predicted octanol–water partition coefficient (Wildman–Crippen LogP) is 1.50. The van der Waals surface area contributed by atoms with Crippen LogP contribution in [-0.4, -0.2) is 10.1 Å². The van der Waals surface area contributed by atoms with Gasteiger partial charge in [-0.3, -0.25) is 4.98 Å². The summed E-state index contributed by atoms with van der Waals surface area (Å²) < 4.78 is 0. The second kappa shape index (κ2) is 3.01. The second-order valence-electron chi connectivity index (χ2n) is 2.78. The summed E-state index contributed by atoms with van der Waals surface area (Å²) in [5, 5.41) is 8.89. The van der Waals surface area contributed by atoms with E-state index in [0.717, 1.165) is 16.8 Å². The molecule has 0 aromatic carbocycles. The first-order valence-corrected chi connectivity index (χ1v) is 3.69. The normalized spacial score (nSPS) is 10.2. The van der Waals surface area contributed by atoms with E-state index in [2.05, 4.69) is 4.98 Å². The Morgan fingerprint density at radius 3 is 2.45 bits per heavy atom. The van der Waals surface area contributed by atoms with Gasteiger partial charge in [0, 0.05) is 11.9 Å². The van der Waals surface area contributed by atoms with Crippen LogP contribution in [0.5, 0.6) is 0 Å². The number of aliphatic hydroxyl groups excluding tert-OH is 1. The van der Waals surface area contributed by atoms with Crippen molar-refractivity contribution in [1.82, 2.24) is 4.98 Å². The number of hydrogen-bond acceptors (Lipinski definition) is 2. The van der Waals surface area contributed by atoms with Gasteiger partial charge < -0.3 is 5.11 Å². The summed E-state index contributed by atoms with van der Waals surface area (Å²) >= 11 is 0. The van der Waals surface area contributed by atoms with Crippen molar-refractivity contribution in [3.05, 3.63) is 28.6 Å². The van der Waals surface area contributed by atoms with E-state index >= 15 is 0 Å². The number of rotatable bonds is 1. The van der Waals surface area contributed by atoms with Gasteiger partial charge in [0.15, 0.2) is 0 Å². The molecular weight excluding hydrogens is 138 g/mol. The molecule has 0 amide bonds. The zero-order valence-corrected chi connectivity index (χ0v) is 7.18. The van der Waals surface area contributed by atoms with Crippen molar-refractivity contribution in [2.75, 3.05) is 0 Å². The molecule has 0 saturated carbocycles. The highest BCUT2D eigenvalue weighted by atomic mass is 16.3. The fourth-order valence-electron chi connectivity index (χ4n) is 1.04. The lowest BCUT2D eigenvalue weighted by molar-refractivity contribution is 0.280. The van der Waals surface area contributed by atoms with Crippen LogP contribution in [0.25, 0.3) is 0 Å². The van der Waals surface area contributed by atoms with Gasteiger partial charge in [0.2, 0.25) is 0 Å². The van der Waals surface area contributed by atoms with Crippen LogP contribution in [0, 0.1) is 20.8 Å². The van der Waals surface area contributed by atoms with E-state index in [9.17, 15) is 0 Å².